The van der Waals surface area contributed by atoms with Gasteiger partial charge in [0.05, 0.1) is 5.41 Å². The number of benzene rings is 1. The third-order valence-electron chi connectivity index (χ3n) is 10.0. The Balaban J connectivity index is 1.72. The molecule has 5 rings (SSSR count). The first-order valence-electron chi connectivity index (χ1n) is 13.3. The molecule has 0 bridgehead atoms. The van der Waals surface area contributed by atoms with Gasteiger partial charge in [0.1, 0.15) is 5.78 Å². The zero-order chi connectivity index (χ0) is 25.1. The first-order chi connectivity index (χ1) is 16.6. The maximum atomic E-state index is 13.3. The third kappa shape index (κ3) is 3.47. The van der Waals surface area contributed by atoms with Crippen LogP contribution in [0.1, 0.15) is 77.7 Å². The lowest BCUT2D eigenvalue weighted by atomic mass is 9.47. The van der Waals surface area contributed by atoms with Crippen LogP contribution >= 0.6 is 0 Å². The molecule has 1 aromatic carbocycles. The summed E-state index contributed by atoms with van der Waals surface area (Å²) in [6, 6.07) is 9.02. The van der Waals surface area contributed by atoms with Crippen LogP contribution in [0.2, 0.25) is 0 Å². The van der Waals surface area contributed by atoms with Crippen molar-refractivity contribution in [1.82, 2.24) is 0 Å². The molecule has 2 saturated carbocycles. The van der Waals surface area contributed by atoms with Crippen LogP contribution in [0.5, 0.6) is 0 Å². The summed E-state index contributed by atoms with van der Waals surface area (Å²) in [6.45, 7) is 8.32. The predicted molar refractivity (Wildman–Crippen MR) is 142 cm³/mol. The maximum absolute atomic E-state index is 13.3. The lowest BCUT2D eigenvalue weighted by Crippen LogP contribution is -2.50. The van der Waals surface area contributed by atoms with Crippen molar-refractivity contribution >= 4 is 17.3 Å². The summed E-state index contributed by atoms with van der Waals surface area (Å²) in [5.41, 5.74) is 6.13. The highest BCUT2D eigenvalue weighted by atomic mass is 16.1. The van der Waals surface area contributed by atoms with Gasteiger partial charge >= 0.3 is 0 Å². The number of hydrogen-bond donors (Lipinski definition) is 0. The van der Waals surface area contributed by atoms with E-state index in [1.807, 2.05) is 13.0 Å². The number of ketones is 2. The molecule has 3 heteroatoms. The van der Waals surface area contributed by atoms with Gasteiger partial charge in [0, 0.05) is 32.1 Å². The normalized spacial score (nSPS) is 35.8. The van der Waals surface area contributed by atoms with Crippen molar-refractivity contribution in [3.63, 3.8) is 0 Å². The number of nitrogens with zero attached hydrogens (tertiary/aromatic N) is 1. The molecule has 0 aliphatic heterocycles. The molecule has 184 valence electrons. The average molecular weight is 470 g/mol. The van der Waals surface area contributed by atoms with Crippen LogP contribution in [0.25, 0.3) is 0 Å². The highest BCUT2D eigenvalue weighted by Gasteiger charge is 2.65. The molecule has 3 nitrogen and oxygen atoms in total. The number of fused-ring (bicyclic) bond motifs is 4. The van der Waals surface area contributed by atoms with Crippen LogP contribution in [0.15, 0.2) is 47.1 Å². The summed E-state index contributed by atoms with van der Waals surface area (Å²) in [7, 11) is 4.15. The predicted octanol–water partition coefficient (Wildman–Crippen LogP) is 6.50. The topological polar surface area (TPSA) is 37.4 Å². The molecule has 4 aliphatic rings. The van der Waals surface area contributed by atoms with E-state index in [-0.39, 0.29) is 22.9 Å². The van der Waals surface area contributed by atoms with E-state index in [4.69, 9.17) is 0 Å². The lowest BCUT2D eigenvalue weighted by Gasteiger charge is -2.55. The molecule has 0 N–H and O–H groups in total. The van der Waals surface area contributed by atoms with E-state index in [2.05, 4.69) is 68.9 Å². The van der Waals surface area contributed by atoms with Crippen molar-refractivity contribution in [3.8, 4) is 11.8 Å². The molecule has 0 heterocycles. The van der Waals surface area contributed by atoms with E-state index < -0.39 is 5.41 Å². The van der Waals surface area contributed by atoms with Gasteiger partial charge in [-0.1, -0.05) is 37.5 Å². The molecule has 4 aliphatic carbocycles. The fourth-order valence-electron chi connectivity index (χ4n) is 8.37. The van der Waals surface area contributed by atoms with Gasteiger partial charge in [0.15, 0.2) is 5.78 Å². The lowest BCUT2D eigenvalue weighted by molar-refractivity contribution is -0.130. The molecule has 6 atom stereocenters. The number of anilines is 1. The van der Waals surface area contributed by atoms with Gasteiger partial charge < -0.3 is 4.90 Å². The Bertz CT molecular complexity index is 1190. The second kappa shape index (κ2) is 8.51. The van der Waals surface area contributed by atoms with Gasteiger partial charge in [-0.05, 0) is 104 Å². The minimum absolute atomic E-state index is 0.160. The fourth-order valence-corrected chi connectivity index (χ4v) is 8.37. The van der Waals surface area contributed by atoms with Gasteiger partial charge in [0.2, 0.25) is 0 Å². The highest BCUT2D eigenvalue weighted by molar-refractivity contribution is 5.93. The van der Waals surface area contributed by atoms with Gasteiger partial charge in [-0.2, -0.15) is 0 Å². The van der Waals surface area contributed by atoms with Gasteiger partial charge in [0.25, 0.3) is 0 Å². The Morgan fingerprint density at radius 3 is 2.49 bits per heavy atom. The van der Waals surface area contributed by atoms with Crippen molar-refractivity contribution in [1.29, 1.82) is 0 Å². The standard InChI is InChI=1S/C32H39NO2/c1-7-15-32(21(3)34)16-14-29-27-17-20(2)26-18-24(35)12-13-25(26)30(27)28(19-31(29,32)4)22-8-10-23(11-9-22)33(5)6/h8-11,18,20,27-29H,12-14,16-17,19H2,1-6H3/t20?,27-,28+,29-,31-,32+/m0/s1. The Labute approximate surface area is 211 Å². The van der Waals surface area contributed by atoms with Crippen molar-refractivity contribution in [2.24, 2.45) is 28.6 Å². The molecule has 0 radical (unpaired) electrons. The molecule has 1 unspecified atom stereocenters. The van der Waals surface area contributed by atoms with Crippen LogP contribution in [0, 0.1) is 40.4 Å². The van der Waals surface area contributed by atoms with E-state index in [0.717, 1.165) is 32.1 Å². The van der Waals surface area contributed by atoms with Crippen molar-refractivity contribution in [2.75, 3.05) is 19.0 Å². The second-order valence-corrected chi connectivity index (χ2v) is 11.9. The average Bonchev–Trinajstić information content (AvgIpc) is 3.12. The number of carbonyl (C=O) groups is 2. The SMILES string of the molecule is CC#C[C@]1(C(C)=O)CC[C@H]2[C@@H]3CC(C)C4=CC(=O)CCC4=C3[C@@H](c3ccc(N(C)C)cc3)C[C@@]21C. The number of allylic oxidation sites excluding steroid dienone is 4. The smallest absolute Gasteiger partial charge is 0.156 e. The Kier molecular flexibility index (Phi) is 5.86. The monoisotopic (exact) mass is 469 g/mol. The zero-order valence-electron chi connectivity index (χ0n) is 22.2. The molecule has 0 spiro atoms. The molecular weight excluding hydrogens is 430 g/mol. The van der Waals surface area contributed by atoms with E-state index >= 15 is 0 Å². The van der Waals surface area contributed by atoms with Crippen LogP contribution in [-0.2, 0) is 9.59 Å². The number of carbonyl (C=O) groups excluding carboxylic acids is 2. The second-order valence-electron chi connectivity index (χ2n) is 11.9. The summed E-state index contributed by atoms with van der Waals surface area (Å²) in [4.78, 5) is 27.8. The summed E-state index contributed by atoms with van der Waals surface area (Å²) in [5.74, 6) is 8.69. The minimum Gasteiger partial charge on any atom is -0.378 e. The molecule has 0 aromatic heterocycles. The molecule has 1 aromatic rings. The quantitative estimate of drug-likeness (QED) is 0.474. The Morgan fingerprint density at radius 1 is 1.14 bits per heavy atom. The number of rotatable bonds is 3. The molecule has 35 heavy (non-hydrogen) atoms. The third-order valence-corrected chi connectivity index (χ3v) is 10.0. The largest absolute Gasteiger partial charge is 0.378 e. The van der Waals surface area contributed by atoms with Crippen LogP contribution in [0.4, 0.5) is 5.69 Å². The van der Waals surface area contributed by atoms with Crippen molar-refractivity contribution in [3.05, 3.63) is 52.6 Å². The van der Waals surface area contributed by atoms with Crippen LogP contribution in [0.3, 0.4) is 0 Å². The Hall–Kier alpha value is -2.60. The van der Waals surface area contributed by atoms with E-state index in [9.17, 15) is 9.59 Å². The van der Waals surface area contributed by atoms with Crippen LogP contribution in [-0.4, -0.2) is 25.7 Å². The van der Waals surface area contributed by atoms with Crippen molar-refractivity contribution in [2.45, 2.75) is 72.1 Å². The summed E-state index contributed by atoms with van der Waals surface area (Å²) in [6.07, 6.45) is 7.37. The summed E-state index contributed by atoms with van der Waals surface area (Å²) < 4.78 is 0. The molecule has 0 saturated heterocycles. The van der Waals surface area contributed by atoms with Crippen molar-refractivity contribution < 1.29 is 9.59 Å². The first kappa shape index (κ1) is 24.1. The highest BCUT2D eigenvalue weighted by Crippen LogP contribution is 2.70. The van der Waals surface area contributed by atoms with E-state index in [1.165, 1.54) is 22.4 Å². The number of hydrogen-bond acceptors (Lipinski definition) is 3. The first-order valence-corrected chi connectivity index (χ1v) is 13.3. The zero-order valence-corrected chi connectivity index (χ0v) is 22.2. The molecular formula is C32H39NO2. The Morgan fingerprint density at radius 2 is 1.86 bits per heavy atom. The molecule has 2 fully saturated rings. The molecule has 0 amide bonds. The van der Waals surface area contributed by atoms with Gasteiger partial charge in [-0.25, -0.2) is 0 Å². The summed E-state index contributed by atoms with van der Waals surface area (Å²) in [5, 5.41) is 0. The van der Waals surface area contributed by atoms with E-state index in [0.29, 0.717) is 24.2 Å². The van der Waals surface area contributed by atoms with Crippen LogP contribution < -0.4 is 4.90 Å². The number of Topliss-reactive ketones (excluding diaryl/α,β-unsaturated/α-hetero) is 1. The van der Waals surface area contributed by atoms with Gasteiger partial charge in [-0.3, -0.25) is 9.59 Å². The van der Waals surface area contributed by atoms with Gasteiger partial charge in [-0.15, -0.1) is 5.92 Å². The fraction of sp³-hybridized carbons (Fsp3) is 0.562. The maximum Gasteiger partial charge on any atom is 0.156 e. The van der Waals surface area contributed by atoms with E-state index in [1.54, 1.807) is 12.5 Å². The summed E-state index contributed by atoms with van der Waals surface area (Å²) >= 11 is 0. The minimum atomic E-state index is -0.563.